The Bertz CT molecular complexity index is 555. The third-order valence-corrected chi connectivity index (χ3v) is 3.62. The molecule has 0 radical (unpaired) electrons. The number of rotatable bonds is 4. The average Bonchev–Trinajstić information content (AvgIpc) is 2.42. The molecule has 1 unspecified atom stereocenters. The highest BCUT2D eigenvalue weighted by Crippen LogP contribution is 2.24. The quantitative estimate of drug-likeness (QED) is 0.867. The van der Waals surface area contributed by atoms with Crippen LogP contribution in [0.5, 0.6) is 0 Å². The molecule has 2 aromatic rings. The van der Waals surface area contributed by atoms with Crippen LogP contribution in [-0.2, 0) is 6.42 Å². The third-order valence-electron chi connectivity index (χ3n) is 3.08. The summed E-state index contributed by atoms with van der Waals surface area (Å²) in [6.07, 6.45) is 0.532. The Balaban J connectivity index is 2.24. The van der Waals surface area contributed by atoms with Crippen molar-refractivity contribution in [3.05, 3.63) is 69.5 Å². The van der Waals surface area contributed by atoms with Gasteiger partial charge in [-0.15, -0.1) is 0 Å². The lowest BCUT2D eigenvalue weighted by atomic mass is 9.99. The van der Waals surface area contributed by atoms with Gasteiger partial charge in [-0.1, -0.05) is 47.5 Å². The van der Waals surface area contributed by atoms with Crippen molar-refractivity contribution in [1.82, 2.24) is 5.32 Å². The van der Waals surface area contributed by atoms with Gasteiger partial charge in [-0.2, -0.15) is 0 Å². The van der Waals surface area contributed by atoms with Crippen LogP contribution in [0, 0.1) is 5.82 Å². The maximum atomic E-state index is 13.9. The van der Waals surface area contributed by atoms with Crippen LogP contribution in [0.1, 0.15) is 17.2 Å². The average molecular weight is 298 g/mol. The molecular weight excluding hydrogens is 284 g/mol. The fourth-order valence-corrected chi connectivity index (χ4v) is 2.33. The molecule has 0 aliphatic rings. The molecule has 2 rings (SSSR count). The Morgan fingerprint density at radius 2 is 1.79 bits per heavy atom. The molecule has 100 valence electrons. The van der Waals surface area contributed by atoms with Gasteiger partial charge in [0, 0.05) is 11.1 Å². The molecular formula is C15H14Cl2FN. The zero-order valence-electron chi connectivity index (χ0n) is 10.5. The van der Waals surface area contributed by atoms with Crippen molar-refractivity contribution < 1.29 is 4.39 Å². The van der Waals surface area contributed by atoms with Crippen LogP contribution in [0.25, 0.3) is 0 Å². The molecule has 0 saturated carbocycles. The summed E-state index contributed by atoms with van der Waals surface area (Å²) in [7, 11) is 1.85. The van der Waals surface area contributed by atoms with Crippen LogP contribution in [0.15, 0.2) is 42.5 Å². The van der Waals surface area contributed by atoms with E-state index in [1.54, 1.807) is 18.2 Å². The van der Waals surface area contributed by atoms with Crippen LogP contribution < -0.4 is 5.32 Å². The van der Waals surface area contributed by atoms with E-state index in [1.807, 2.05) is 31.3 Å². The van der Waals surface area contributed by atoms with E-state index in [1.165, 1.54) is 0 Å². The van der Waals surface area contributed by atoms with Gasteiger partial charge in [0.15, 0.2) is 0 Å². The smallest absolute Gasteiger partial charge is 0.145 e. The van der Waals surface area contributed by atoms with Gasteiger partial charge in [-0.3, -0.25) is 0 Å². The zero-order chi connectivity index (χ0) is 13.8. The van der Waals surface area contributed by atoms with E-state index in [2.05, 4.69) is 5.32 Å². The predicted molar refractivity (Wildman–Crippen MR) is 78.4 cm³/mol. The second-order valence-electron chi connectivity index (χ2n) is 4.31. The summed E-state index contributed by atoms with van der Waals surface area (Å²) in [5.74, 6) is -0.349. The minimum absolute atomic E-state index is 0.0187. The third kappa shape index (κ3) is 3.47. The lowest BCUT2D eigenvalue weighted by molar-refractivity contribution is 0.554. The van der Waals surface area contributed by atoms with Crippen molar-refractivity contribution >= 4 is 23.2 Å². The lowest BCUT2D eigenvalue weighted by Gasteiger charge is -2.17. The zero-order valence-corrected chi connectivity index (χ0v) is 12.0. The molecule has 0 spiro atoms. The minimum atomic E-state index is -0.349. The first-order chi connectivity index (χ1) is 9.11. The molecule has 0 aromatic heterocycles. The van der Waals surface area contributed by atoms with Gasteiger partial charge in [-0.25, -0.2) is 4.39 Å². The first kappa shape index (κ1) is 14.3. The van der Waals surface area contributed by atoms with E-state index in [-0.39, 0.29) is 16.9 Å². The van der Waals surface area contributed by atoms with Gasteiger partial charge in [0.2, 0.25) is 0 Å². The van der Waals surface area contributed by atoms with Crippen LogP contribution in [0.3, 0.4) is 0 Å². The highest BCUT2D eigenvalue weighted by atomic mass is 35.5. The Hall–Kier alpha value is -1.09. The standard InChI is InChI=1S/C15H14Cl2FN/c1-19-14(10-5-7-12(16)8-6-10)9-11-3-2-4-13(17)15(11)18/h2-8,14,19H,9H2,1H3. The molecule has 0 aliphatic heterocycles. The van der Waals surface area contributed by atoms with Crippen LogP contribution in [0.4, 0.5) is 4.39 Å². The van der Waals surface area contributed by atoms with E-state index in [0.29, 0.717) is 17.0 Å². The van der Waals surface area contributed by atoms with E-state index < -0.39 is 0 Å². The maximum Gasteiger partial charge on any atom is 0.145 e. The number of likely N-dealkylation sites (N-methyl/N-ethyl adjacent to an activating group) is 1. The molecule has 0 amide bonds. The summed E-state index contributed by atoms with van der Waals surface area (Å²) in [4.78, 5) is 0. The summed E-state index contributed by atoms with van der Waals surface area (Å²) in [5, 5.41) is 4.02. The second kappa shape index (κ2) is 6.38. The number of nitrogens with one attached hydrogen (secondary N) is 1. The Labute approximate surface area is 122 Å². The molecule has 4 heteroatoms. The summed E-state index contributed by atoms with van der Waals surface area (Å²) >= 11 is 11.7. The molecule has 2 aromatic carbocycles. The predicted octanol–water partition coefficient (Wildman–Crippen LogP) is 4.64. The van der Waals surface area contributed by atoms with Crippen molar-refractivity contribution in [2.75, 3.05) is 7.05 Å². The van der Waals surface area contributed by atoms with Crippen molar-refractivity contribution in [3.63, 3.8) is 0 Å². The monoisotopic (exact) mass is 297 g/mol. The normalized spacial score (nSPS) is 12.4. The lowest BCUT2D eigenvalue weighted by Crippen LogP contribution is -2.19. The van der Waals surface area contributed by atoms with E-state index >= 15 is 0 Å². The number of hydrogen-bond acceptors (Lipinski definition) is 1. The van der Waals surface area contributed by atoms with Crippen molar-refractivity contribution in [1.29, 1.82) is 0 Å². The number of hydrogen-bond donors (Lipinski definition) is 1. The van der Waals surface area contributed by atoms with Crippen LogP contribution in [-0.4, -0.2) is 7.05 Å². The topological polar surface area (TPSA) is 12.0 Å². The Morgan fingerprint density at radius 3 is 2.42 bits per heavy atom. The fraction of sp³-hybridized carbons (Fsp3) is 0.200. The Morgan fingerprint density at radius 1 is 1.11 bits per heavy atom. The van der Waals surface area contributed by atoms with Crippen LogP contribution >= 0.6 is 23.2 Å². The van der Waals surface area contributed by atoms with Gasteiger partial charge >= 0.3 is 0 Å². The molecule has 1 atom stereocenters. The van der Waals surface area contributed by atoms with Crippen LogP contribution in [0.2, 0.25) is 10.0 Å². The van der Waals surface area contributed by atoms with E-state index in [9.17, 15) is 4.39 Å². The molecule has 0 bridgehead atoms. The molecule has 0 fully saturated rings. The SMILES string of the molecule is CNC(Cc1cccc(Cl)c1F)c1ccc(Cl)cc1. The molecule has 19 heavy (non-hydrogen) atoms. The molecule has 0 saturated heterocycles. The summed E-state index contributed by atoms with van der Waals surface area (Å²) < 4.78 is 13.9. The number of benzene rings is 2. The first-order valence-corrected chi connectivity index (χ1v) is 6.73. The number of halogens is 3. The molecule has 0 aliphatic carbocycles. The molecule has 1 nitrogen and oxygen atoms in total. The highest BCUT2D eigenvalue weighted by Gasteiger charge is 2.14. The van der Waals surface area contributed by atoms with Gasteiger partial charge in [-0.05, 0) is 42.8 Å². The fourth-order valence-electron chi connectivity index (χ4n) is 2.01. The summed E-state index contributed by atoms with van der Waals surface area (Å²) in [6, 6.07) is 12.6. The summed E-state index contributed by atoms with van der Waals surface area (Å²) in [6.45, 7) is 0. The van der Waals surface area contributed by atoms with Gasteiger partial charge in [0.1, 0.15) is 5.82 Å². The molecule has 0 heterocycles. The Kier molecular flexibility index (Phi) is 4.81. The van der Waals surface area contributed by atoms with E-state index in [4.69, 9.17) is 23.2 Å². The maximum absolute atomic E-state index is 13.9. The van der Waals surface area contributed by atoms with Crippen molar-refractivity contribution in [2.45, 2.75) is 12.5 Å². The van der Waals surface area contributed by atoms with Gasteiger partial charge in [0.25, 0.3) is 0 Å². The highest BCUT2D eigenvalue weighted by molar-refractivity contribution is 6.31. The summed E-state index contributed by atoms with van der Waals surface area (Å²) in [5.41, 5.74) is 1.66. The largest absolute Gasteiger partial charge is 0.313 e. The first-order valence-electron chi connectivity index (χ1n) is 5.97. The van der Waals surface area contributed by atoms with Crippen molar-refractivity contribution in [2.24, 2.45) is 0 Å². The minimum Gasteiger partial charge on any atom is -0.313 e. The van der Waals surface area contributed by atoms with Gasteiger partial charge < -0.3 is 5.32 Å². The second-order valence-corrected chi connectivity index (χ2v) is 5.15. The van der Waals surface area contributed by atoms with Crippen molar-refractivity contribution in [3.8, 4) is 0 Å². The van der Waals surface area contributed by atoms with Gasteiger partial charge in [0.05, 0.1) is 5.02 Å². The van der Waals surface area contributed by atoms with E-state index in [0.717, 1.165) is 5.56 Å². The molecule has 1 N–H and O–H groups in total.